The van der Waals surface area contributed by atoms with E-state index >= 15 is 0 Å². The zero-order chi connectivity index (χ0) is 15.2. The first-order valence-corrected chi connectivity index (χ1v) is 7.17. The van der Waals surface area contributed by atoms with Gasteiger partial charge in [0.2, 0.25) is 0 Å². The van der Waals surface area contributed by atoms with Crippen molar-refractivity contribution >= 4 is 17.6 Å². The first kappa shape index (κ1) is 15.4. The minimum absolute atomic E-state index is 0.0446. The van der Waals surface area contributed by atoms with E-state index in [0.29, 0.717) is 6.42 Å². The van der Waals surface area contributed by atoms with Crippen molar-refractivity contribution in [1.29, 1.82) is 0 Å². The number of benzene rings is 2. The zero-order valence-corrected chi connectivity index (χ0v) is 12.5. The first-order chi connectivity index (χ1) is 10.1. The lowest BCUT2D eigenvalue weighted by atomic mass is 10.1. The topological polar surface area (TPSA) is 46.5 Å². The summed E-state index contributed by atoms with van der Waals surface area (Å²) in [7, 11) is 0. The molecule has 2 rings (SSSR count). The van der Waals surface area contributed by atoms with Crippen LogP contribution in [-0.2, 0) is 11.2 Å². The van der Waals surface area contributed by atoms with E-state index in [1.165, 1.54) is 0 Å². The van der Waals surface area contributed by atoms with Crippen LogP contribution in [0.2, 0.25) is 0 Å². The number of alkyl halides is 1. The summed E-state index contributed by atoms with van der Waals surface area (Å²) in [4.78, 5) is 10.7. The summed E-state index contributed by atoms with van der Waals surface area (Å²) in [6.07, 6.45) is 0.252. The Kier molecular flexibility index (Phi) is 5.23. The van der Waals surface area contributed by atoms with Crippen LogP contribution in [0.15, 0.2) is 54.6 Å². The highest BCUT2D eigenvalue weighted by Gasteiger charge is 2.14. The van der Waals surface area contributed by atoms with Gasteiger partial charge in [0.15, 0.2) is 0 Å². The molecule has 110 valence electrons. The molecule has 2 atom stereocenters. The number of aliphatic carboxylic acids is 1. The maximum atomic E-state index is 10.7. The molecular weight excluding hydrogens is 288 g/mol. The van der Waals surface area contributed by atoms with Gasteiger partial charge in [-0.05, 0) is 36.6 Å². The van der Waals surface area contributed by atoms with Crippen molar-refractivity contribution in [2.75, 3.05) is 0 Å². The van der Waals surface area contributed by atoms with Gasteiger partial charge in [-0.1, -0.05) is 42.5 Å². The Morgan fingerprint density at radius 1 is 1.14 bits per heavy atom. The fraction of sp³-hybridized carbons (Fsp3) is 0.235. The number of hydrogen-bond donors (Lipinski definition) is 1. The second kappa shape index (κ2) is 7.14. The van der Waals surface area contributed by atoms with Crippen LogP contribution in [0.3, 0.4) is 0 Å². The lowest BCUT2D eigenvalue weighted by Crippen LogP contribution is -2.15. The van der Waals surface area contributed by atoms with Gasteiger partial charge in [-0.15, -0.1) is 11.6 Å². The Morgan fingerprint density at radius 3 is 2.33 bits per heavy atom. The average Bonchev–Trinajstić information content (AvgIpc) is 2.50. The van der Waals surface area contributed by atoms with Crippen LogP contribution in [0, 0.1) is 0 Å². The van der Waals surface area contributed by atoms with E-state index in [9.17, 15) is 4.79 Å². The Bertz CT molecular complexity index is 581. The van der Waals surface area contributed by atoms with Crippen LogP contribution < -0.4 is 4.74 Å². The molecule has 0 spiro atoms. The maximum Gasteiger partial charge on any atom is 0.321 e. The molecule has 0 saturated heterocycles. The Hall–Kier alpha value is -2.00. The monoisotopic (exact) mass is 304 g/mol. The van der Waals surface area contributed by atoms with E-state index in [1.807, 2.05) is 61.5 Å². The highest BCUT2D eigenvalue weighted by molar-refractivity contribution is 6.29. The van der Waals surface area contributed by atoms with Gasteiger partial charge < -0.3 is 9.84 Å². The maximum absolute atomic E-state index is 10.7. The molecule has 0 saturated carbocycles. The predicted molar refractivity (Wildman–Crippen MR) is 82.9 cm³/mol. The molecular formula is C17H17ClO3. The smallest absolute Gasteiger partial charge is 0.321 e. The molecule has 4 heteroatoms. The number of rotatable bonds is 6. The number of carboxylic acids is 1. The van der Waals surface area contributed by atoms with Gasteiger partial charge in [0.05, 0.1) is 0 Å². The minimum Gasteiger partial charge on any atom is -0.486 e. The third-order valence-corrected chi connectivity index (χ3v) is 3.53. The van der Waals surface area contributed by atoms with Gasteiger partial charge >= 0.3 is 5.97 Å². The number of hydrogen-bond acceptors (Lipinski definition) is 2. The fourth-order valence-corrected chi connectivity index (χ4v) is 2.17. The second-order valence-electron chi connectivity index (χ2n) is 4.82. The summed E-state index contributed by atoms with van der Waals surface area (Å²) in [6, 6.07) is 17.3. The van der Waals surface area contributed by atoms with Crippen molar-refractivity contribution in [3.63, 3.8) is 0 Å². The summed E-state index contributed by atoms with van der Waals surface area (Å²) in [5, 5.41) is 7.88. The van der Waals surface area contributed by atoms with Gasteiger partial charge in [-0.3, -0.25) is 4.79 Å². The second-order valence-corrected chi connectivity index (χ2v) is 5.35. The van der Waals surface area contributed by atoms with E-state index in [1.54, 1.807) is 0 Å². The minimum atomic E-state index is -1.00. The number of carbonyl (C=O) groups is 1. The quantitative estimate of drug-likeness (QED) is 0.819. The van der Waals surface area contributed by atoms with Crippen LogP contribution in [0.4, 0.5) is 0 Å². The highest BCUT2D eigenvalue weighted by Crippen LogP contribution is 2.22. The number of carboxylic acid groups (broad SMARTS) is 1. The molecule has 0 amide bonds. The van der Waals surface area contributed by atoms with Crippen LogP contribution >= 0.6 is 11.6 Å². The molecule has 0 aliphatic heterocycles. The predicted octanol–water partition coefficient (Wildman–Crippen LogP) is 4.06. The van der Waals surface area contributed by atoms with Crippen molar-refractivity contribution in [2.24, 2.45) is 0 Å². The lowest BCUT2D eigenvalue weighted by molar-refractivity contribution is -0.136. The number of halogens is 1. The fourth-order valence-electron chi connectivity index (χ4n) is 1.99. The van der Waals surface area contributed by atoms with E-state index in [2.05, 4.69) is 0 Å². The molecule has 3 nitrogen and oxygen atoms in total. The Balaban J connectivity index is 1.98. The summed E-state index contributed by atoms with van der Waals surface area (Å²) < 4.78 is 5.86. The summed E-state index contributed by atoms with van der Waals surface area (Å²) in [5.74, 6) is -0.258. The van der Waals surface area contributed by atoms with Crippen molar-refractivity contribution in [1.82, 2.24) is 0 Å². The molecule has 0 aliphatic carbocycles. The van der Waals surface area contributed by atoms with E-state index < -0.39 is 11.3 Å². The third kappa shape index (κ3) is 4.50. The molecule has 0 heterocycles. The molecule has 0 aliphatic rings. The molecule has 21 heavy (non-hydrogen) atoms. The van der Waals surface area contributed by atoms with Crippen LogP contribution in [0.25, 0.3) is 0 Å². The summed E-state index contributed by atoms with van der Waals surface area (Å²) in [6.45, 7) is 1.99. The normalized spacial score (nSPS) is 13.4. The van der Waals surface area contributed by atoms with Crippen molar-refractivity contribution in [2.45, 2.75) is 24.8 Å². The lowest BCUT2D eigenvalue weighted by Gasteiger charge is -2.15. The summed E-state index contributed by atoms with van der Waals surface area (Å²) in [5.41, 5.74) is 1.98. The largest absolute Gasteiger partial charge is 0.486 e. The number of ether oxygens (including phenoxy) is 1. The highest BCUT2D eigenvalue weighted by atomic mass is 35.5. The molecule has 2 aromatic carbocycles. The third-order valence-electron chi connectivity index (χ3n) is 3.19. The van der Waals surface area contributed by atoms with E-state index in [4.69, 9.17) is 21.4 Å². The molecule has 0 aromatic heterocycles. The van der Waals surface area contributed by atoms with Gasteiger partial charge in [0, 0.05) is 0 Å². The first-order valence-electron chi connectivity index (χ1n) is 6.73. The van der Waals surface area contributed by atoms with E-state index in [0.717, 1.165) is 16.9 Å². The zero-order valence-electron chi connectivity index (χ0n) is 11.7. The molecule has 2 aromatic rings. The molecule has 0 bridgehead atoms. The van der Waals surface area contributed by atoms with Crippen LogP contribution in [0.1, 0.15) is 24.2 Å². The standard InChI is InChI=1S/C17H17ClO3/c1-12(14-5-3-2-4-6-14)21-15-9-7-13(8-10-15)11-16(18)17(19)20/h2-10,12,16H,11H2,1H3,(H,19,20). The van der Waals surface area contributed by atoms with Crippen molar-refractivity contribution < 1.29 is 14.6 Å². The SMILES string of the molecule is CC(Oc1ccc(CC(Cl)C(=O)O)cc1)c1ccccc1. The van der Waals surface area contributed by atoms with Crippen LogP contribution in [-0.4, -0.2) is 16.5 Å². The van der Waals surface area contributed by atoms with Crippen LogP contribution in [0.5, 0.6) is 5.75 Å². The van der Waals surface area contributed by atoms with Gasteiger partial charge in [-0.25, -0.2) is 0 Å². The van der Waals surface area contributed by atoms with Gasteiger partial charge in [0.25, 0.3) is 0 Å². The molecule has 1 N–H and O–H groups in total. The Morgan fingerprint density at radius 2 is 1.76 bits per heavy atom. The molecule has 2 unspecified atom stereocenters. The van der Waals surface area contributed by atoms with Gasteiger partial charge in [-0.2, -0.15) is 0 Å². The average molecular weight is 305 g/mol. The summed E-state index contributed by atoms with van der Waals surface area (Å²) >= 11 is 5.72. The van der Waals surface area contributed by atoms with Crippen molar-refractivity contribution in [3.8, 4) is 5.75 Å². The molecule has 0 radical (unpaired) electrons. The molecule has 0 fully saturated rings. The van der Waals surface area contributed by atoms with E-state index in [-0.39, 0.29) is 6.10 Å². The van der Waals surface area contributed by atoms with Crippen molar-refractivity contribution in [3.05, 3.63) is 65.7 Å². The Labute approximate surface area is 129 Å². The van der Waals surface area contributed by atoms with Gasteiger partial charge in [0.1, 0.15) is 17.2 Å².